The van der Waals surface area contributed by atoms with Gasteiger partial charge in [-0.2, -0.15) is 0 Å². The first-order valence-corrected chi connectivity index (χ1v) is 7.85. The number of nitrogens with zero attached hydrogens (tertiary/aromatic N) is 2. The number of esters is 1. The van der Waals surface area contributed by atoms with Crippen LogP contribution in [0.5, 0.6) is 0 Å². The monoisotopic (exact) mass is 288 g/mol. The summed E-state index contributed by atoms with van der Waals surface area (Å²) in [5.74, 6) is -0.0325. The third-order valence-electron chi connectivity index (χ3n) is 4.65. The number of carbonyl (C=O) groups excluding carboxylic acids is 1. The normalized spacial score (nSPS) is 27.8. The van der Waals surface area contributed by atoms with Crippen LogP contribution in [0.4, 0.5) is 0 Å². The topological polar surface area (TPSA) is 32.8 Å². The van der Waals surface area contributed by atoms with Crippen molar-refractivity contribution < 1.29 is 9.53 Å². The maximum absolute atomic E-state index is 11.8. The molecule has 0 saturated carbocycles. The first-order chi connectivity index (χ1) is 10.1. The third-order valence-corrected chi connectivity index (χ3v) is 4.65. The van der Waals surface area contributed by atoms with Crippen LogP contribution < -0.4 is 0 Å². The summed E-state index contributed by atoms with van der Waals surface area (Å²) < 4.78 is 5.27. The molecule has 2 aliphatic heterocycles. The molecule has 0 aliphatic carbocycles. The van der Waals surface area contributed by atoms with E-state index in [9.17, 15) is 4.79 Å². The number of piperazine rings is 1. The van der Waals surface area contributed by atoms with Crippen LogP contribution in [0.25, 0.3) is 0 Å². The van der Waals surface area contributed by atoms with Crippen molar-refractivity contribution in [1.82, 2.24) is 9.80 Å². The van der Waals surface area contributed by atoms with Crippen molar-refractivity contribution in [3.8, 4) is 0 Å². The average molecular weight is 288 g/mol. The Labute approximate surface area is 126 Å². The van der Waals surface area contributed by atoms with E-state index in [1.807, 2.05) is 6.92 Å². The second-order valence-electron chi connectivity index (χ2n) is 6.24. The standard InChI is InChI=1S/C17H24N2O2/c1-13-5-3-4-6-15(13)12-18-7-9-19(10-8-18)16-11-14(2)21-17(16)20/h3-6,14,16H,7-12H2,1-2H3. The number of hydrogen-bond acceptors (Lipinski definition) is 4. The van der Waals surface area contributed by atoms with Gasteiger partial charge in [-0.25, -0.2) is 0 Å². The number of aryl methyl sites for hydroxylation is 1. The van der Waals surface area contributed by atoms with Crippen LogP contribution in [0.3, 0.4) is 0 Å². The van der Waals surface area contributed by atoms with Crippen molar-refractivity contribution in [1.29, 1.82) is 0 Å². The van der Waals surface area contributed by atoms with Crippen molar-refractivity contribution in [2.24, 2.45) is 0 Å². The number of carbonyl (C=O) groups is 1. The maximum Gasteiger partial charge on any atom is 0.323 e. The van der Waals surface area contributed by atoms with Gasteiger partial charge in [0.1, 0.15) is 12.1 Å². The maximum atomic E-state index is 11.8. The first-order valence-electron chi connectivity index (χ1n) is 7.85. The van der Waals surface area contributed by atoms with Crippen LogP contribution in [0.1, 0.15) is 24.5 Å². The predicted octanol–water partition coefficient (Wildman–Crippen LogP) is 1.82. The molecule has 0 spiro atoms. The Morgan fingerprint density at radius 1 is 1.19 bits per heavy atom. The van der Waals surface area contributed by atoms with Gasteiger partial charge < -0.3 is 4.74 Å². The second kappa shape index (κ2) is 6.16. The van der Waals surface area contributed by atoms with Crippen LogP contribution in [0.2, 0.25) is 0 Å². The summed E-state index contributed by atoms with van der Waals surface area (Å²) in [6.07, 6.45) is 0.920. The zero-order valence-corrected chi connectivity index (χ0v) is 12.9. The zero-order chi connectivity index (χ0) is 14.8. The van der Waals surface area contributed by atoms with Gasteiger partial charge in [-0.05, 0) is 25.0 Å². The van der Waals surface area contributed by atoms with Crippen molar-refractivity contribution >= 4 is 5.97 Å². The molecule has 3 rings (SSSR count). The lowest BCUT2D eigenvalue weighted by Crippen LogP contribution is -2.51. The van der Waals surface area contributed by atoms with Gasteiger partial charge in [0.05, 0.1) is 0 Å². The second-order valence-corrected chi connectivity index (χ2v) is 6.24. The van der Waals surface area contributed by atoms with E-state index in [4.69, 9.17) is 4.74 Å². The molecule has 0 amide bonds. The Kier molecular flexibility index (Phi) is 4.27. The average Bonchev–Trinajstić information content (AvgIpc) is 2.81. The zero-order valence-electron chi connectivity index (χ0n) is 12.9. The summed E-state index contributed by atoms with van der Waals surface area (Å²) in [7, 11) is 0. The van der Waals surface area contributed by atoms with Crippen LogP contribution in [0.15, 0.2) is 24.3 Å². The van der Waals surface area contributed by atoms with E-state index in [1.54, 1.807) is 0 Å². The van der Waals surface area contributed by atoms with Gasteiger partial charge in [0.25, 0.3) is 0 Å². The molecule has 4 heteroatoms. The molecule has 2 atom stereocenters. The molecule has 2 aliphatic rings. The number of benzene rings is 1. The van der Waals surface area contributed by atoms with E-state index in [0.29, 0.717) is 0 Å². The minimum absolute atomic E-state index is 0.0133. The van der Waals surface area contributed by atoms with Gasteiger partial charge in [0.2, 0.25) is 0 Å². The lowest BCUT2D eigenvalue weighted by Gasteiger charge is -2.36. The summed E-state index contributed by atoms with van der Waals surface area (Å²) in [5.41, 5.74) is 2.76. The molecule has 114 valence electrons. The van der Waals surface area contributed by atoms with Crippen molar-refractivity contribution in [2.75, 3.05) is 26.2 Å². The summed E-state index contributed by atoms with van der Waals surface area (Å²) in [5, 5.41) is 0. The molecule has 0 bridgehead atoms. The van der Waals surface area contributed by atoms with Crippen LogP contribution >= 0.6 is 0 Å². The summed E-state index contributed by atoms with van der Waals surface area (Å²) in [6, 6.07) is 8.55. The molecule has 2 fully saturated rings. The number of hydrogen-bond donors (Lipinski definition) is 0. The van der Waals surface area contributed by atoms with Crippen molar-refractivity contribution in [2.45, 2.75) is 39.0 Å². The van der Waals surface area contributed by atoms with Crippen molar-refractivity contribution in [3.63, 3.8) is 0 Å². The van der Waals surface area contributed by atoms with E-state index in [-0.39, 0.29) is 18.1 Å². The molecular formula is C17H24N2O2. The van der Waals surface area contributed by atoms with E-state index < -0.39 is 0 Å². The van der Waals surface area contributed by atoms with E-state index >= 15 is 0 Å². The summed E-state index contributed by atoms with van der Waals surface area (Å²) in [6.45, 7) is 9.11. The fourth-order valence-electron chi connectivity index (χ4n) is 3.30. The first kappa shape index (κ1) is 14.5. The smallest absolute Gasteiger partial charge is 0.323 e. The Bertz CT molecular complexity index is 509. The van der Waals surface area contributed by atoms with Crippen LogP contribution in [0, 0.1) is 6.92 Å². The van der Waals surface area contributed by atoms with Gasteiger partial charge in [-0.1, -0.05) is 24.3 Å². The molecule has 1 aromatic carbocycles. The van der Waals surface area contributed by atoms with Crippen molar-refractivity contribution in [3.05, 3.63) is 35.4 Å². The van der Waals surface area contributed by atoms with Crippen LogP contribution in [-0.4, -0.2) is 54.1 Å². The van der Waals surface area contributed by atoms with Gasteiger partial charge in [0, 0.05) is 39.1 Å². The van der Waals surface area contributed by atoms with Gasteiger partial charge in [-0.15, -0.1) is 0 Å². The Morgan fingerprint density at radius 3 is 2.52 bits per heavy atom. The quantitative estimate of drug-likeness (QED) is 0.794. The molecule has 2 heterocycles. The highest BCUT2D eigenvalue weighted by molar-refractivity contribution is 5.78. The molecular weight excluding hydrogens is 264 g/mol. The molecule has 0 aromatic heterocycles. The lowest BCUT2D eigenvalue weighted by atomic mass is 10.1. The fourth-order valence-corrected chi connectivity index (χ4v) is 3.30. The summed E-state index contributed by atoms with van der Waals surface area (Å²) >= 11 is 0. The molecule has 2 unspecified atom stereocenters. The van der Waals surface area contributed by atoms with E-state index in [2.05, 4.69) is 41.0 Å². The van der Waals surface area contributed by atoms with Gasteiger partial charge >= 0.3 is 5.97 Å². The Balaban J connectivity index is 1.54. The highest BCUT2D eigenvalue weighted by atomic mass is 16.6. The number of ether oxygens (including phenoxy) is 1. The largest absolute Gasteiger partial charge is 0.461 e. The highest BCUT2D eigenvalue weighted by Gasteiger charge is 2.37. The highest BCUT2D eigenvalue weighted by Crippen LogP contribution is 2.21. The molecule has 2 saturated heterocycles. The minimum Gasteiger partial charge on any atom is -0.461 e. The third kappa shape index (κ3) is 3.27. The van der Waals surface area contributed by atoms with Gasteiger partial charge in [0.15, 0.2) is 0 Å². The van der Waals surface area contributed by atoms with Gasteiger partial charge in [-0.3, -0.25) is 14.6 Å². The predicted molar refractivity (Wildman–Crippen MR) is 82.0 cm³/mol. The fraction of sp³-hybridized carbons (Fsp3) is 0.588. The van der Waals surface area contributed by atoms with Crippen LogP contribution in [-0.2, 0) is 16.1 Å². The van der Waals surface area contributed by atoms with E-state index in [1.165, 1.54) is 11.1 Å². The molecule has 1 aromatic rings. The molecule has 4 nitrogen and oxygen atoms in total. The SMILES string of the molecule is Cc1ccccc1CN1CCN(C2CC(C)OC2=O)CC1. The summed E-state index contributed by atoms with van der Waals surface area (Å²) in [4.78, 5) is 16.6. The molecule has 0 N–H and O–H groups in total. The molecule has 21 heavy (non-hydrogen) atoms. The number of cyclic esters (lactones) is 1. The number of rotatable bonds is 3. The molecule has 0 radical (unpaired) electrons. The Hall–Kier alpha value is -1.39. The Morgan fingerprint density at radius 2 is 1.90 bits per heavy atom. The van der Waals surface area contributed by atoms with E-state index in [0.717, 1.165) is 39.1 Å². The lowest BCUT2D eigenvalue weighted by molar-refractivity contribution is -0.145. The minimum atomic E-state index is -0.0325.